The lowest BCUT2D eigenvalue weighted by molar-refractivity contribution is 0.867. The van der Waals surface area contributed by atoms with Gasteiger partial charge in [0.05, 0.1) is 11.7 Å². The largest absolute Gasteiger partial charge is 0.337 e. The molecule has 16 heavy (non-hydrogen) atoms. The second kappa shape index (κ2) is 4.80. The Morgan fingerprint density at radius 1 is 1.31 bits per heavy atom. The molecule has 1 aromatic carbocycles. The predicted molar refractivity (Wildman–Crippen MR) is 68.7 cm³/mol. The van der Waals surface area contributed by atoms with Crippen molar-refractivity contribution in [2.24, 2.45) is 0 Å². The van der Waals surface area contributed by atoms with Crippen molar-refractivity contribution in [2.75, 3.05) is 5.32 Å². The summed E-state index contributed by atoms with van der Waals surface area (Å²) in [5.74, 6) is 1.12. The van der Waals surface area contributed by atoms with E-state index < -0.39 is 0 Å². The average Bonchev–Trinajstić information content (AvgIpc) is 2.65. The van der Waals surface area contributed by atoms with Gasteiger partial charge in [0.1, 0.15) is 0 Å². The molecule has 0 spiro atoms. The van der Waals surface area contributed by atoms with Crippen LogP contribution in [-0.4, -0.2) is 8.75 Å². The van der Waals surface area contributed by atoms with Crippen molar-refractivity contribution in [3.8, 4) is 0 Å². The SMILES string of the molecule is CC(C)c1cccc(Nc2nsnc2Cl)c1. The van der Waals surface area contributed by atoms with Crippen LogP contribution in [0.25, 0.3) is 0 Å². The van der Waals surface area contributed by atoms with E-state index in [-0.39, 0.29) is 0 Å². The van der Waals surface area contributed by atoms with Crippen LogP contribution in [0, 0.1) is 0 Å². The molecule has 0 saturated heterocycles. The average molecular weight is 254 g/mol. The van der Waals surface area contributed by atoms with Crippen LogP contribution in [0.5, 0.6) is 0 Å². The molecule has 0 aliphatic carbocycles. The molecule has 2 aromatic rings. The van der Waals surface area contributed by atoms with Gasteiger partial charge in [-0.1, -0.05) is 37.6 Å². The standard InChI is InChI=1S/C11H12ClN3S/c1-7(2)8-4-3-5-9(6-8)13-11-10(12)14-16-15-11/h3-7H,1-2H3,(H,13,15). The van der Waals surface area contributed by atoms with E-state index in [2.05, 4.69) is 40.0 Å². The summed E-state index contributed by atoms with van der Waals surface area (Å²) in [6.07, 6.45) is 0. The molecular formula is C11H12ClN3S. The molecule has 1 heterocycles. The van der Waals surface area contributed by atoms with Gasteiger partial charge in [0.25, 0.3) is 0 Å². The van der Waals surface area contributed by atoms with E-state index >= 15 is 0 Å². The van der Waals surface area contributed by atoms with E-state index in [1.165, 1.54) is 5.56 Å². The zero-order valence-corrected chi connectivity index (χ0v) is 10.6. The van der Waals surface area contributed by atoms with Gasteiger partial charge < -0.3 is 5.32 Å². The second-order valence-electron chi connectivity index (χ2n) is 3.81. The number of hydrogen-bond donors (Lipinski definition) is 1. The van der Waals surface area contributed by atoms with Crippen molar-refractivity contribution in [1.29, 1.82) is 0 Å². The summed E-state index contributed by atoms with van der Waals surface area (Å²) in [7, 11) is 0. The van der Waals surface area contributed by atoms with Gasteiger partial charge in [-0.05, 0) is 23.6 Å². The maximum absolute atomic E-state index is 5.87. The third-order valence-electron chi connectivity index (χ3n) is 2.26. The maximum Gasteiger partial charge on any atom is 0.187 e. The van der Waals surface area contributed by atoms with E-state index in [0.29, 0.717) is 16.9 Å². The number of anilines is 2. The highest BCUT2D eigenvalue weighted by Gasteiger charge is 2.06. The van der Waals surface area contributed by atoms with E-state index in [1.54, 1.807) is 0 Å². The number of halogens is 1. The van der Waals surface area contributed by atoms with Crippen LogP contribution in [0.2, 0.25) is 5.15 Å². The Balaban J connectivity index is 2.22. The molecular weight excluding hydrogens is 242 g/mol. The number of nitrogens with zero attached hydrogens (tertiary/aromatic N) is 2. The zero-order valence-electron chi connectivity index (χ0n) is 9.07. The molecule has 2 rings (SSSR count). The third kappa shape index (κ3) is 2.51. The van der Waals surface area contributed by atoms with Gasteiger partial charge >= 0.3 is 0 Å². The molecule has 1 aromatic heterocycles. The molecule has 3 nitrogen and oxygen atoms in total. The van der Waals surface area contributed by atoms with Crippen molar-refractivity contribution < 1.29 is 0 Å². The first kappa shape index (κ1) is 11.4. The van der Waals surface area contributed by atoms with E-state index in [4.69, 9.17) is 11.6 Å². The summed E-state index contributed by atoms with van der Waals surface area (Å²) in [5, 5.41) is 3.57. The highest BCUT2D eigenvalue weighted by Crippen LogP contribution is 2.25. The smallest absolute Gasteiger partial charge is 0.187 e. The topological polar surface area (TPSA) is 37.8 Å². The fraction of sp³-hybridized carbons (Fsp3) is 0.273. The van der Waals surface area contributed by atoms with Gasteiger partial charge in [-0.3, -0.25) is 0 Å². The van der Waals surface area contributed by atoms with Crippen LogP contribution in [0.15, 0.2) is 24.3 Å². The summed E-state index contributed by atoms with van der Waals surface area (Å²) >= 11 is 6.97. The maximum atomic E-state index is 5.87. The van der Waals surface area contributed by atoms with Crippen molar-refractivity contribution >= 4 is 34.8 Å². The Kier molecular flexibility index (Phi) is 3.41. The number of nitrogens with one attached hydrogen (secondary N) is 1. The highest BCUT2D eigenvalue weighted by atomic mass is 35.5. The lowest BCUT2D eigenvalue weighted by Crippen LogP contribution is -1.93. The lowest BCUT2D eigenvalue weighted by Gasteiger charge is -2.08. The monoisotopic (exact) mass is 253 g/mol. The summed E-state index contributed by atoms with van der Waals surface area (Å²) in [6.45, 7) is 4.33. The zero-order chi connectivity index (χ0) is 11.5. The first-order valence-corrected chi connectivity index (χ1v) is 6.12. The normalized spacial score (nSPS) is 10.8. The molecule has 0 atom stereocenters. The molecule has 0 unspecified atom stereocenters. The Morgan fingerprint density at radius 2 is 2.12 bits per heavy atom. The van der Waals surface area contributed by atoms with E-state index in [0.717, 1.165) is 17.4 Å². The van der Waals surface area contributed by atoms with Crippen LogP contribution in [-0.2, 0) is 0 Å². The van der Waals surface area contributed by atoms with Gasteiger partial charge in [0, 0.05) is 5.69 Å². The third-order valence-corrected chi connectivity index (χ3v) is 3.16. The van der Waals surface area contributed by atoms with E-state index in [1.807, 2.05) is 12.1 Å². The minimum absolute atomic E-state index is 0.417. The van der Waals surface area contributed by atoms with Gasteiger partial charge in [-0.15, -0.1) is 0 Å². The number of aromatic nitrogens is 2. The fourth-order valence-electron chi connectivity index (χ4n) is 1.36. The van der Waals surface area contributed by atoms with Gasteiger partial charge in [0.15, 0.2) is 11.0 Å². The Bertz CT molecular complexity index is 482. The molecule has 0 bridgehead atoms. The minimum atomic E-state index is 0.417. The molecule has 0 saturated carbocycles. The Morgan fingerprint density at radius 3 is 2.75 bits per heavy atom. The molecule has 0 aliphatic rings. The summed E-state index contributed by atoms with van der Waals surface area (Å²) in [6, 6.07) is 8.21. The number of hydrogen-bond acceptors (Lipinski definition) is 4. The predicted octanol–water partition coefficient (Wildman–Crippen LogP) is 4.06. The Hall–Kier alpha value is -1.13. The summed E-state index contributed by atoms with van der Waals surface area (Å²) in [5.41, 5.74) is 2.27. The second-order valence-corrected chi connectivity index (χ2v) is 4.70. The van der Waals surface area contributed by atoms with Crippen LogP contribution >= 0.6 is 23.3 Å². The van der Waals surface area contributed by atoms with Gasteiger partial charge in [-0.25, -0.2) is 0 Å². The lowest BCUT2D eigenvalue weighted by atomic mass is 10.0. The van der Waals surface area contributed by atoms with Crippen molar-refractivity contribution in [3.63, 3.8) is 0 Å². The van der Waals surface area contributed by atoms with E-state index in [9.17, 15) is 0 Å². The number of benzene rings is 1. The molecule has 0 amide bonds. The molecule has 0 aliphatic heterocycles. The van der Waals surface area contributed by atoms with Gasteiger partial charge in [0.2, 0.25) is 0 Å². The quantitative estimate of drug-likeness (QED) is 0.897. The van der Waals surface area contributed by atoms with Crippen LogP contribution in [0.1, 0.15) is 25.3 Å². The molecule has 0 fully saturated rings. The summed E-state index contributed by atoms with van der Waals surface area (Å²) < 4.78 is 7.98. The Labute approximate surface area is 104 Å². The first-order valence-electron chi connectivity index (χ1n) is 5.02. The molecule has 5 heteroatoms. The van der Waals surface area contributed by atoms with Crippen molar-refractivity contribution in [2.45, 2.75) is 19.8 Å². The van der Waals surface area contributed by atoms with Crippen LogP contribution < -0.4 is 5.32 Å². The van der Waals surface area contributed by atoms with Crippen LogP contribution in [0.4, 0.5) is 11.5 Å². The van der Waals surface area contributed by atoms with Gasteiger partial charge in [-0.2, -0.15) is 8.75 Å². The van der Waals surface area contributed by atoms with Crippen LogP contribution in [0.3, 0.4) is 0 Å². The number of rotatable bonds is 3. The molecule has 84 valence electrons. The van der Waals surface area contributed by atoms with Crippen molar-refractivity contribution in [1.82, 2.24) is 8.75 Å². The van der Waals surface area contributed by atoms with Crippen molar-refractivity contribution in [3.05, 3.63) is 35.0 Å². The molecule has 1 N–H and O–H groups in total. The minimum Gasteiger partial charge on any atom is -0.337 e. The first-order chi connectivity index (χ1) is 7.66. The molecule has 0 radical (unpaired) electrons. The summed E-state index contributed by atoms with van der Waals surface area (Å²) in [4.78, 5) is 0. The highest BCUT2D eigenvalue weighted by molar-refractivity contribution is 6.99. The fourth-order valence-corrected chi connectivity index (χ4v) is 2.01.